The lowest BCUT2D eigenvalue weighted by Gasteiger charge is -2.20. The van der Waals surface area contributed by atoms with Crippen molar-refractivity contribution >= 4 is 17.8 Å². The van der Waals surface area contributed by atoms with Crippen molar-refractivity contribution in [3.05, 3.63) is 71.3 Å². The van der Waals surface area contributed by atoms with E-state index in [0.717, 1.165) is 11.1 Å². The van der Waals surface area contributed by atoms with Crippen LogP contribution in [0, 0.1) is 0 Å². The van der Waals surface area contributed by atoms with E-state index in [9.17, 15) is 14.4 Å². The van der Waals surface area contributed by atoms with Gasteiger partial charge < -0.3 is 9.84 Å². The summed E-state index contributed by atoms with van der Waals surface area (Å²) in [5, 5.41) is 9.12. The normalized spacial score (nSPS) is 16.1. The molecule has 2 aromatic carbocycles. The van der Waals surface area contributed by atoms with E-state index >= 15 is 0 Å². The lowest BCUT2D eigenvalue weighted by atomic mass is 10.0. The maximum absolute atomic E-state index is 12.3. The largest absolute Gasteiger partial charge is 0.480 e. The molecule has 3 rings (SSSR count). The average Bonchev–Trinajstić information content (AvgIpc) is 3.17. The van der Waals surface area contributed by atoms with Crippen LogP contribution in [0.1, 0.15) is 34.3 Å². The third-order valence-corrected chi connectivity index (χ3v) is 4.62. The van der Waals surface area contributed by atoms with Crippen molar-refractivity contribution in [1.29, 1.82) is 0 Å². The molecule has 0 radical (unpaired) electrons. The van der Waals surface area contributed by atoms with Crippen molar-refractivity contribution in [3.63, 3.8) is 0 Å². The molecular formula is C21H21NO5. The predicted molar refractivity (Wildman–Crippen MR) is 98.5 cm³/mol. The standard InChI is InChI=1S/C21H21NO5/c23-19(13-15-5-2-1-3-6-15)17-10-8-16(9-11-17)14-27-21(26)22-12-4-7-18(22)20(24)25/h1-3,5-6,8-11,18H,4,7,12-14H2,(H,24,25)/t18-/m0/s1. The number of carbonyl (C=O) groups is 3. The molecule has 6 nitrogen and oxygen atoms in total. The van der Waals surface area contributed by atoms with E-state index < -0.39 is 18.1 Å². The number of hydrogen-bond donors (Lipinski definition) is 1. The van der Waals surface area contributed by atoms with E-state index in [0.29, 0.717) is 31.4 Å². The Bertz CT molecular complexity index is 816. The van der Waals surface area contributed by atoms with Gasteiger partial charge in [-0.2, -0.15) is 0 Å². The first-order chi connectivity index (χ1) is 13.0. The van der Waals surface area contributed by atoms with E-state index in [1.807, 2.05) is 30.3 Å². The molecule has 0 unspecified atom stereocenters. The van der Waals surface area contributed by atoms with Crippen molar-refractivity contribution in [2.45, 2.75) is 31.9 Å². The van der Waals surface area contributed by atoms with Gasteiger partial charge in [0.2, 0.25) is 0 Å². The number of aliphatic carboxylic acids is 1. The van der Waals surface area contributed by atoms with Gasteiger partial charge in [-0.1, -0.05) is 54.6 Å². The first kappa shape index (κ1) is 18.6. The summed E-state index contributed by atoms with van der Waals surface area (Å²) in [5.74, 6) is -0.989. The Morgan fingerprint density at radius 3 is 2.37 bits per heavy atom. The molecule has 2 aromatic rings. The van der Waals surface area contributed by atoms with Crippen LogP contribution in [0.15, 0.2) is 54.6 Å². The number of carbonyl (C=O) groups excluding carboxylic acids is 2. The lowest BCUT2D eigenvalue weighted by Crippen LogP contribution is -2.40. The second-order valence-corrected chi connectivity index (χ2v) is 6.53. The number of rotatable bonds is 6. The number of carboxylic acid groups (broad SMARTS) is 1. The number of carboxylic acids is 1. The number of ether oxygens (including phenoxy) is 1. The number of likely N-dealkylation sites (tertiary alicyclic amines) is 1. The molecule has 1 amide bonds. The molecule has 1 N–H and O–H groups in total. The van der Waals surface area contributed by atoms with Gasteiger partial charge in [-0.3, -0.25) is 9.69 Å². The third kappa shape index (κ3) is 4.73. The van der Waals surface area contributed by atoms with Crippen molar-refractivity contribution in [2.75, 3.05) is 6.54 Å². The highest BCUT2D eigenvalue weighted by atomic mass is 16.6. The van der Waals surface area contributed by atoms with Crippen LogP contribution in [-0.2, 0) is 22.6 Å². The zero-order valence-electron chi connectivity index (χ0n) is 14.8. The number of amides is 1. The predicted octanol–water partition coefficient (Wildman–Crippen LogP) is 3.30. The summed E-state index contributed by atoms with van der Waals surface area (Å²) in [7, 11) is 0. The quantitative estimate of drug-likeness (QED) is 0.792. The number of hydrogen-bond acceptors (Lipinski definition) is 4. The summed E-state index contributed by atoms with van der Waals surface area (Å²) >= 11 is 0. The molecule has 0 bridgehead atoms. The summed E-state index contributed by atoms with van der Waals surface area (Å²) in [6, 6.07) is 15.6. The molecule has 0 spiro atoms. The maximum Gasteiger partial charge on any atom is 0.410 e. The van der Waals surface area contributed by atoms with Crippen LogP contribution in [0.3, 0.4) is 0 Å². The zero-order valence-corrected chi connectivity index (χ0v) is 14.8. The first-order valence-corrected chi connectivity index (χ1v) is 8.87. The molecule has 140 valence electrons. The fraction of sp³-hybridized carbons (Fsp3) is 0.286. The molecule has 1 heterocycles. The SMILES string of the molecule is O=C(Cc1ccccc1)c1ccc(COC(=O)N2CCC[C@H]2C(=O)O)cc1. The summed E-state index contributed by atoms with van der Waals surface area (Å²) in [4.78, 5) is 36.8. The molecule has 1 saturated heterocycles. The number of nitrogens with zero attached hydrogens (tertiary/aromatic N) is 1. The Hall–Kier alpha value is -3.15. The van der Waals surface area contributed by atoms with Crippen LogP contribution in [0.25, 0.3) is 0 Å². The van der Waals surface area contributed by atoms with Gasteiger partial charge in [0.1, 0.15) is 12.6 Å². The minimum atomic E-state index is -1.01. The van der Waals surface area contributed by atoms with Crippen LogP contribution in [0.2, 0.25) is 0 Å². The van der Waals surface area contributed by atoms with Gasteiger partial charge in [-0.25, -0.2) is 9.59 Å². The summed E-state index contributed by atoms with van der Waals surface area (Å²) in [6.45, 7) is 0.428. The van der Waals surface area contributed by atoms with Gasteiger partial charge >= 0.3 is 12.1 Å². The van der Waals surface area contributed by atoms with Gasteiger partial charge in [-0.15, -0.1) is 0 Å². The van der Waals surface area contributed by atoms with Crippen LogP contribution in [0.5, 0.6) is 0 Å². The number of Topliss-reactive ketones (excluding diaryl/α,β-unsaturated/α-hetero) is 1. The minimum absolute atomic E-state index is 0.0195. The second kappa shape index (κ2) is 8.49. The Labute approximate surface area is 157 Å². The molecule has 0 aliphatic carbocycles. The molecule has 27 heavy (non-hydrogen) atoms. The fourth-order valence-electron chi connectivity index (χ4n) is 3.14. The number of benzene rings is 2. The summed E-state index contributed by atoms with van der Waals surface area (Å²) < 4.78 is 5.23. The molecule has 1 atom stereocenters. The zero-order chi connectivity index (χ0) is 19.2. The van der Waals surface area contributed by atoms with Gasteiger partial charge in [-0.05, 0) is 24.0 Å². The molecule has 6 heteroatoms. The van der Waals surface area contributed by atoms with Crippen molar-refractivity contribution in [2.24, 2.45) is 0 Å². The second-order valence-electron chi connectivity index (χ2n) is 6.53. The van der Waals surface area contributed by atoms with Gasteiger partial charge in [0.05, 0.1) is 0 Å². The summed E-state index contributed by atoms with van der Waals surface area (Å²) in [5.41, 5.74) is 2.30. The average molecular weight is 367 g/mol. The van der Waals surface area contributed by atoms with Gasteiger partial charge in [0, 0.05) is 18.5 Å². The van der Waals surface area contributed by atoms with Gasteiger partial charge in [0.15, 0.2) is 5.78 Å². The van der Waals surface area contributed by atoms with Crippen molar-refractivity contribution < 1.29 is 24.2 Å². The Morgan fingerprint density at radius 2 is 1.70 bits per heavy atom. The Balaban J connectivity index is 1.54. The van der Waals surface area contributed by atoms with E-state index in [-0.39, 0.29) is 12.4 Å². The topological polar surface area (TPSA) is 83.9 Å². The minimum Gasteiger partial charge on any atom is -0.480 e. The summed E-state index contributed by atoms with van der Waals surface area (Å²) in [6.07, 6.45) is 0.817. The van der Waals surface area contributed by atoms with Crippen molar-refractivity contribution in [3.8, 4) is 0 Å². The third-order valence-electron chi connectivity index (χ3n) is 4.62. The van der Waals surface area contributed by atoms with E-state index in [1.165, 1.54) is 4.90 Å². The van der Waals surface area contributed by atoms with Gasteiger partial charge in [0.25, 0.3) is 0 Å². The Morgan fingerprint density at radius 1 is 1.00 bits per heavy atom. The molecular weight excluding hydrogens is 346 g/mol. The van der Waals surface area contributed by atoms with Crippen molar-refractivity contribution in [1.82, 2.24) is 4.90 Å². The van der Waals surface area contributed by atoms with Crippen LogP contribution in [0.4, 0.5) is 4.79 Å². The first-order valence-electron chi connectivity index (χ1n) is 8.87. The molecule has 0 aromatic heterocycles. The molecule has 1 aliphatic heterocycles. The highest BCUT2D eigenvalue weighted by Gasteiger charge is 2.34. The smallest absolute Gasteiger partial charge is 0.410 e. The molecule has 1 fully saturated rings. The number of ketones is 1. The lowest BCUT2D eigenvalue weighted by molar-refractivity contribution is -0.141. The highest BCUT2D eigenvalue weighted by Crippen LogP contribution is 2.19. The maximum atomic E-state index is 12.3. The van der Waals surface area contributed by atoms with E-state index in [2.05, 4.69) is 0 Å². The van der Waals surface area contributed by atoms with Crippen LogP contribution >= 0.6 is 0 Å². The fourth-order valence-corrected chi connectivity index (χ4v) is 3.14. The monoisotopic (exact) mass is 367 g/mol. The van der Waals surface area contributed by atoms with Crippen LogP contribution < -0.4 is 0 Å². The Kier molecular flexibility index (Phi) is 5.86. The highest BCUT2D eigenvalue weighted by molar-refractivity contribution is 5.97. The molecule has 1 aliphatic rings. The van der Waals surface area contributed by atoms with E-state index in [1.54, 1.807) is 24.3 Å². The van der Waals surface area contributed by atoms with E-state index in [4.69, 9.17) is 9.84 Å². The molecule has 0 saturated carbocycles. The van der Waals surface area contributed by atoms with Crippen LogP contribution in [-0.4, -0.2) is 40.4 Å².